The first-order chi connectivity index (χ1) is 15.3. The number of aromatic amines is 2. The largest absolute Gasteiger partial charge is 0.352 e. The van der Waals surface area contributed by atoms with Gasteiger partial charge in [-0.25, -0.2) is 4.39 Å². The number of H-pyrrole nitrogens is 2. The summed E-state index contributed by atoms with van der Waals surface area (Å²) in [5.74, 6) is -0.278. The number of nitrogens with zero attached hydrogens (tertiary/aromatic N) is 4. The van der Waals surface area contributed by atoms with Crippen LogP contribution in [0.2, 0.25) is 0 Å². The van der Waals surface area contributed by atoms with Crippen molar-refractivity contribution >= 4 is 21.8 Å². The Kier molecular flexibility index (Phi) is 3.86. The Bertz CT molecular complexity index is 1550. The van der Waals surface area contributed by atoms with Crippen molar-refractivity contribution in [3.8, 4) is 33.8 Å². The van der Waals surface area contributed by atoms with E-state index in [0.717, 1.165) is 55.6 Å². The Balaban J connectivity index is 1.52. The van der Waals surface area contributed by atoms with E-state index in [9.17, 15) is 4.39 Å². The number of hydrogen-bond donors (Lipinski definition) is 2. The lowest BCUT2D eigenvalue weighted by molar-refractivity contribution is 0.628. The molecule has 2 aromatic carbocycles. The van der Waals surface area contributed by atoms with E-state index < -0.39 is 0 Å². The summed E-state index contributed by atoms with van der Waals surface area (Å²) < 4.78 is 13.8. The SMILES string of the molecule is Fc1cccc(-c2cncc3[nH]c(-c4n[nH]c5ccc(-c6cnccn6)cc45)cc23)c1. The molecular weight excluding hydrogens is 391 g/mol. The summed E-state index contributed by atoms with van der Waals surface area (Å²) >= 11 is 0. The molecule has 0 saturated carbocycles. The van der Waals surface area contributed by atoms with Gasteiger partial charge in [0.05, 0.1) is 34.8 Å². The number of nitrogens with one attached hydrogen (secondary N) is 2. The topological polar surface area (TPSA) is 83.1 Å². The molecule has 7 heteroatoms. The minimum Gasteiger partial charge on any atom is -0.352 e. The van der Waals surface area contributed by atoms with Gasteiger partial charge < -0.3 is 4.98 Å². The van der Waals surface area contributed by atoms with E-state index in [2.05, 4.69) is 36.2 Å². The Morgan fingerprint density at radius 1 is 0.774 bits per heavy atom. The van der Waals surface area contributed by atoms with Crippen LogP contribution in [0.1, 0.15) is 0 Å². The molecule has 0 unspecified atom stereocenters. The summed E-state index contributed by atoms with van der Waals surface area (Å²) in [6, 6.07) is 14.6. The molecule has 6 aromatic rings. The lowest BCUT2D eigenvalue weighted by atomic mass is 10.0. The van der Waals surface area contributed by atoms with E-state index in [1.807, 2.05) is 24.3 Å². The van der Waals surface area contributed by atoms with Crippen LogP contribution in [-0.2, 0) is 0 Å². The average molecular weight is 406 g/mol. The molecule has 0 spiro atoms. The van der Waals surface area contributed by atoms with Crippen LogP contribution in [0.25, 0.3) is 55.6 Å². The van der Waals surface area contributed by atoms with Crippen LogP contribution in [-0.4, -0.2) is 30.1 Å². The van der Waals surface area contributed by atoms with Gasteiger partial charge in [-0.2, -0.15) is 5.10 Å². The van der Waals surface area contributed by atoms with Crippen molar-refractivity contribution in [3.63, 3.8) is 0 Å². The third-order valence-electron chi connectivity index (χ3n) is 5.36. The molecule has 0 saturated heterocycles. The van der Waals surface area contributed by atoms with Crippen molar-refractivity contribution in [1.82, 2.24) is 30.1 Å². The molecular formula is C24H15FN6. The first-order valence-electron chi connectivity index (χ1n) is 9.74. The number of halogens is 1. The first kappa shape index (κ1) is 17.5. The van der Waals surface area contributed by atoms with Gasteiger partial charge in [0.25, 0.3) is 0 Å². The number of benzene rings is 2. The minimum atomic E-state index is -0.278. The van der Waals surface area contributed by atoms with Crippen molar-refractivity contribution in [2.45, 2.75) is 0 Å². The molecule has 4 aromatic heterocycles. The molecule has 2 N–H and O–H groups in total. The highest BCUT2D eigenvalue weighted by atomic mass is 19.1. The number of pyridine rings is 1. The third kappa shape index (κ3) is 2.95. The number of hydrogen-bond acceptors (Lipinski definition) is 4. The van der Waals surface area contributed by atoms with Gasteiger partial charge >= 0.3 is 0 Å². The highest BCUT2D eigenvalue weighted by molar-refractivity contribution is 6.01. The fourth-order valence-corrected chi connectivity index (χ4v) is 3.89. The molecule has 0 aliphatic heterocycles. The number of aromatic nitrogens is 6. The van der Waals surface area contributed by atoms with Crippen LogP contribution in [0.15, 0.2) is 79.5 Å². The zero-order chi connectivity index (χ0) is 20.8. The minimum absolute atomic E-state index is 0.278. The smallest absolute Gasteiger partial charge is 0.123 e. The second kappa shape index (κ2) is 6.84. The zero-order valence-electron chi connectivity index (χ0n) is 16.2. The zero-order valence-corrected chi connectivity index (χ0v) is 16.2. The highest BCUT2D eigenvalue weighted by Crippen LogP contribution is 2.34. The van der Waals surface area contributed by atoms with Crippen LogP contribution in [0.3, 0.4) is 0 Å². The van der Waals surface area contributed by atoms with Gasteiger partial charge in [-0.1, -0.05) is 18.2 Å². The molecule has 0 amide bonds. The monoisotopic (exact) mass is 406 g/mol. The quantitative estimate of drug-likeness (QED) is 0.414. The maximum Gasteiger partial charge on any atom is 0.123 e. The van der Waals surface area contributed by atoms with Crippen molar-refractivity contribution in [2.24, 2.45) is 0 Å². The van der Waals surface area contributed by atoms with E-state index in [0.29, 0.717) is 0 Å². The van der Waals surface area contributed by atoms with Crippen LogP contribution in [0.4, 0.5) is 4.39 Å². The van der Waals surface area contributed by atoms with Gasteiger partial charge in [-0.05, 0) is 35.9 Å². The molecule has 31 heavy (non-hydrogen) atoms. The van der Waals surface area contributed by atoms with E-state index in [1.165, 1.54) is 12.1 Å². The third-order valence-corrected chi connectivity index (χ3v) is 5.36. The van der Waals surface area contributed by atoms with Gasteiger partial charge in [-0.3, -0.25) is 20.1 Å². The molecule has 4 heterocycles. The van der Waals surface area contributed by atoms with Crippen molar-refractivity contribution < 1.29 is 4.39 Å². The molecule has 148 valence electrons. The van der Waals surface area contributed by atoms with Crippen LogP contribution in [0.5, 0.6) is 0 Å². The predicted octanol–water partition coefficient (Wildman–Crippen LogP) is 5.37. The maximum absolute atomic E-state index is 13.8. The number of rotatable bonds is 3. The Hall–Kier alpha value is -4.39. The fourth-order valence-electron chi connectivity index (χ4n) is 3.89. The van der Waals surface area contributed by atoms with Gasteiger partial charge in [0.1, 0.15) is 11.5 Å². The highest BCUT2D eigenvalue weighted by Gasteiger charge is 2.15. The second-order valence-electron chi connectivity index (χ2n) is 7.26. The predicted molar refractivity (Wildman–Crippen MR) is 118 cm³/mol. The van der Waals surface area contributed by atoms with E-state index >= 15 is 0 Å². The summed E-state index contributed by atoms with van der Waals surface area (Å²) in [4.78, 5) is 16.3. The van der Waals surface area contributed by atoms with Gasteiger partial charge in [0.2, 0.25) is 0 Å². The second-order valence-corrected chi connectivity index (χ2v) is 7.26. The summed E-state index contributed by atoms with van der Waals surface area (Å²) in [5, 5.41) is 9.55. The van der Waals surface area contributed by atoms with Crippen LogP contribution >= 0.6 is 0 Å². The van der Waals surface area contributed by atoms with Crippen molar-refractivity contribution in [1.29, 1.82) is 0 Å². The molecule has 6 rings (SSSR count). The lowest BCUT2D eigenvalue weighted by Gasteiger charge is -2.02. The van der Waals surface area contributed by atoms with Gasteiger partial charge in [-0.15, -0.1) is 0 Å². The Labute approximate surface area is 175 Å². The Morgan fingerprint density at radius 2 is 1.74 bits per heavy atom. The molecule has 6 nitrogen and oxygen atoms in total. The fraction of sp³-hybridized carbons (Fsp3) is 0. The standard InChI is InChI=1S/C24H15FN6/c25-16-3-1-2-14(8-16)19-11-27-13-23-17(19)10-21(29-23)24-18-9-15(4-5-20(18)30-31-24)22-12-26-6-7-28-22/h1-13,29H,(H,30,31). The average Bonchev–Trinajstić information content (AvgIpc) is 3.43. The summed E-state index contributed by atoms with van der Waals surface area (Å²) in [7, 11) is 0. The van der Waals surface area contributed by atoms with Crippen molar-refractivity contribution in [2.75, 3.05) is 0 Å². The van der Waals surface area contributed by atoms with Crippen LogP contribution in [0, 0.1) is 5.82 Å². The molecule has 0 aliphatic carbocycles. The first-order valence-corrected chi connectivity index (χ1v) is 9.74. The molecule has 0 atom stereocenters. The Morgan fingerprint density at radius 3 is 2.61 bits per heavy atom. The van der Waals surface area contributed by atoms with Crippen LogP contribution < -0.4 is 0 Å². The van der Waals surface area contributed by atoms with E-state index in [1.54, 1.807) is 37.1 Å². The molecule has 0 fully saturated rings. The molecule has 0 aliphatic rings. The summed E-state index contributed by atoms with van der Waals surface area (Å²) in [6.07, 6.45) is 8.58. The molecule has 0 bridgehead atoms. The summed E-state index contributed by atoms with van der Waals surface area (Å²) in [6.45, 7) is 0. The normalized spacial score (nSPS) is 11.4. The van der Waals surface area contributed by atoms with Gasteiger partial charge in [0, 0.05) is 40.5 Å². The summed E-state index contributed by atoms with van der Waals surface area (Å²) in [5.41, 5.74) is 6.82. The van der Waals surface area contributed by atoms with Gasteiger partial charge in [0.15, 0.2) is 0 Å². The number of fused-ring (bicyclic) bond motifs is 2. The van der Waals surface area contributed by atoms with Crippen molar-refractivity contribution in [3.05, 3.63) is 85.3 Å². The van der Waals surface area contributed by atoms with E-state index in [4.69, 9.17) is 0 Å². The molecule has 0 radical (unpaired) electrons. The van der Waals surface area contributed by atoms with E-state index in [-0.39, 0.29) is 5.82 Å². The lowest BCUT2D eigenvalue weighted by Crippen LogP contribution is -1.84. The maximum atomic E-state index is 13.8.